The molecule has 9 nitrogen and oxygen atoms in total. The average molecular weight is 453 g/mol. The largest absolute Gasteiger partial charge is 0.517 e. The fraction of sp³-hybridized carbons (Fsp3) is 0.889. The lowest BCUT2D eigenvalue weighted by Gasteiger charge is -2.45. The summed E-state index contributed by atoms with van der Waals surface area (Å²) in [6, 6.07) is 0. The number of hydrogen-bond donors (Lipinski definition) is 0. The highest BCUT2D eigenvalue weighted by molar-refractivity contribution is 6.76. The molecule has 2 amide bonds. The molecule has 0 aromatic rings. The molecule has 2 atom stereocenters. The summed E-state index contributed by atoms with van der Waals surface area (Å²) in [4.78, 5) is 27.2. The first kappa shape index (κ1) is 28.2. The molecule has 0 aliphatic rings. The zero-order chi connectivity index (χ0) is 22.8. The van der Waals surface area contributed by atoms with Crippen molar-refractivity contribution in [3.05, 3.63) is 0 Å². The SMILES string of the molecule is CCO[Si](OCC)(O[Si](OCC)(OCC)C(C)N(C)C(C)=O)C(C)N(C)C(C)=O. The molecule has 11 heteroatoms. The Morgan fingerprint density at radius 3 is 1.10 bits per heavy atom. The van der Waals surface area contributed by atoms with Crippen LogP contribution < -0.4 is 0 Å². The maximum absolute atomic E-state index is 12.1. The number of hydrogen-bond acceptors (Lipinski definition) is 7. The summed E-state index contributed by atoms with van der Waals surface area (Å²) in [5.41, 5.74) is -0.940. The number of rotatable bonds is 14. The zero-order valence-corrected chi connectivity index (χ0v) is 21.7. The van der Waals surface area contributed by atoms with Gasteiger partial charge in [-0.25, -0.2) is 0 Å². The van der Waals surface area contributed by atoms with Crippen LogP contribution in [0.5, 0.6) is 0 Å². The van der Waals surface area contributed by atoms with Crippen LogP contribution in [-0.4, -0.2) is 91.1 Å². The van der Waals surface area contributed by atoms with Gasteiger partial charge in [0.05, 0.1) is 11.3 Å². The van der Waals surface area contributed by atoms with Crippen molar-refractivity contribution >= 4 is 29.4 Å². The summed E-state index contributed by atoms with van der Waals surface area (Å²) in [6.45, 7) is 15.4. The van der Waals surface area contributed by atoms with Crippen LogP contribution in [0, 0.1) is 0 Å². The fourth-order valence-corrected chi connectivity index (χ4v) is 10.8. The van der Waals surface area contributed by atoms with Crippen molar-refractivity contribution in [2.75, 3.05) is 40.5 Å². The van der Waals surface area contributed by atoms with Gasteiger partial charge in [0.25, 0.3) is 0 Å². The van der Waals surface area contributed by atoms with E-state index in [1.54, 1.807) is 23.9 Å². The van der Waals surface area contributed by atoms with Crippen LogP contribution in [0.2, 0.25) is 0 Å². The molecule has 0 aliphatic carbocycles. The molecule has 0 aromatic heterocycles. The van der Waals surface area contributed by atoms with Gasteiger partial charge < -0.3 is 31.6 Å². The summed E-state index contributed by atoms with van der Waals surface area (Å²) in [6.07, 6.45) is 0. The normalized spacial score (nSPS) is 14.4. The summed E-state index contributed by atoms with van der Waals surface area (Å²) in [5.74, 6) is -0.266. The minimum atomic E-state index is -3.50. The quantitative estimate of drug-likeness (QED) is 0.372. The third-order valence-electron chi connectivity index (χ3n) is 4.85. The van der Waals surface area contributed by atoms with Gasteiger partial charge in [-0.2, -0.15) is 0 Å². The van der Waals surface area contributed by atoms with Crippen molar-refractivity contribution in [1.29, 1.82) is 0 Å². The average Bonchev–Trinajstić information content (AvgIpc) is 2.65. The van der Waals surface area contributed by atoms with E-state index in [4.69, 9.17) is 21.8 Å². The summed E-state index contributed by atoms with van der Waals surface area (Å²) in [5, 5.41) is 0. The predicted octanol–water partition coefficient (Wildman–Crippen LogP) is 1.84. The third kappa shape index (κ3) is 7.12. The Bertz CT molecular complexity index is 468. The minimum absolute atomic E-state index is 0.133. The van der Waals surface area contributed by atoms with Gasteiger partial charge in [0.2, 0.25) is 11.8 Å². The Kier molecular flexibility index (Phi) is 12.4. The first-order valence-electron chi connectivity index (χ1n) is 10.2. The van der Waals surface area contributed by atoms with Crippen molar-refractivity contribution in [2.45, 2.75) is 66.7 Å². The van der Waals surface area contributed by atoms with E-state index in [1.165, 1.54) is 13.8 Å². The van der Waals surface area contributed by atoms with E-state index in [2.05, 4.69) is 0 Å². The molecule has 0 aromatic carbocycles. The molecule has 0 heterocycles. The summed E-state index contributed by atoms with van der Waals surface area (Å²) in [7, 11) is -3.63. The van der Waals surface area contributed by atoms with Gasteiger partial charge >= 0.3 is 17.6 Å². The van der Waals surface area contributed by atoms with E-state index in [-0.39, 0.29) is 11.8 Å². The monoisotopic (exact) mass is 452 g/mol. The number of nitrogens with zero attached hydrogens (tertiary/aromatic N) is 2. The van der Waals surface area contributed by atoms with E-state index in [0.717, 1.165) is 0 Å². The Balaban J connectivity index is 6.46. The molecule has 0 fully saturated rings. The highest BCUT2D eigenvalue weighted by Gasteiger charge is 2.61. The second-order valence-electron chi connectivity index (χ2n) is 6.65. The second-order valence-corrected chi connectivity index (χ2v) is 12.7. The molecule has 29 heavy (non-hydrogen) atoms. The Morgan fingerprint density at radius 2 is 0.931 bits per heavy atom. The van der Waals surface area contributed by atoms with Crippen molar-refractivity contribution in [3.8, 4) is 0 Å². The molecule has 0 saturated heterocycles. The number of carbonyl (C=O) groups is 2. The number of amides is 2. The van der Waals surface area contributed by atoms with Crippen molar-refractivity contribution in [3.63, 3.8) is 0 Å². The van der Waals surface area contributed by atoms with E-state index in [1.807, 2.05) is 41.5 Å². The van der Waals surface area contributed by atoms with E-state index in [9.17, 15) is 9.59 Å². The number of carbonyl (C=O) groups excluding carboxylic acids is 2. The van der Waals surface area contributed by atoms with Crippen LogP contribution in [0.3, 0.4) is 0 Å². The summed E-state index contributed by atoms with van der Waals surface area (Å²) >= 11 is 0. The van der Waals surface area contributed by atoms with E-state index in [0.29, 0.717) is 26.4 Å². The van der Waals surface area contributed by atoms with Gasteiger partial charge in [-0.3, -0.25) is 9.59 Å². The molecule has 0 saturated carbocycles. The molecule has 0 bridgehead atoms. The Hall–Kier alpha value is -0.826. The first-order chi connectivity index (χ1) is 13.5. The van der Waals surface area contributed by atoms with Crippen molar-refractivity contribution in [2.24, 2.45) is 0 Å². The maximum atomic E-state index is 12.1. The van der Waals surface area contributed by atoms with Crippen LogP contribution in [0.15, 0.2) is 0 Å². The molecule has 0 spiro atoms. The lowest BCUT2D eigenvalue weighted by molar-refractivity contribution is -0.129. The van der Waals surface area contributed by atoms with Crippen LogP contribution >= 0.6 is 0 Å². The highest BCUT2D eigenvalue weighted by Crippen LogP contribution is 2.29. The van der Waals surface area contributed by atoms with E-state index >= 15 is 0 Å². The van der Waals surface area contributed by atoms with Crippen LogP contribution in [-0.2, 0) is 31.4 Å². The smallest absolute Gasteiger partial charge is 0.373 e. The van der Waals surface area contributed by atoms with Gasteiger partial charge in [-0.15, -0.1) is 0 Å². The molecule has 172 valence electrons. The van der Waals surface area contributed by atoms with Crippen LogP contribution in [0.4, 0.5) is 0 Å². The summed E-state index contributed by atoms with van der Waals surface area (Å²) < 4.78 is 31.1. The molecule has 0 radical (unpaired) electrons. The van der Waals surface area contributed by atoms with E-state index < -0.39 is 28.9 Å². The molecule has 0 rings (SSSR count). The molecule has 0 aliphatic heterocycles. The minimum Gasteiger partial charge on any atom is -0.373 e. The zero-order valence-electron chi connectivity index (χ0n) is 19.7. The first-order valence-corrected chi connectivity index (χ1v) is 13.8. The Morgan fingerprint density at radius 1 is 0.690 bits per heavy atom. The van der Waals surface area contributed by atoms with Crippen LogP contribution in [0.25, 0.3) is 0 Å². The van der Waals surface area contributed by atoms with Crippen LogP contribution in [0.1, 0.15) is 55.4 Å². The third-order valence-corrected chi connectivity index (χ3v) is 12.7. The molecule has 2 unspecified atom stereocenters. The molecule has 0 N–H and O–H groups in total. The standard InChI is InChI=1S/C18H40N2O7Si2/c1-11-23-28(24-12-2,17(7)19(9)15(5)21)27-29(25-13-3,26-14-4)18(8)20(10)16(6)22/h17-18H,11-14H2,1-10H3. The molecular formula is C18H40N2O7Si2. The van der Waals surface area contributed by atoms with Gasteiger partial charge in [0.1, 0.15) is 0 Å². The van der Waals surface area contributed by atoms with Gasteiger partial charge in [-0.05, 0) is 41.5 Å². The Labute approximate surface area is 178 Å². The van der Waals surface area contributed by atoms with Gasteiger partial charge in [0.15, 0.2) is 0 Å². The topological polar surface area (TPSA) is 86.8 Å². The van der Waals surface area contributed by atoms with Crippen molar-refractivity contribution < 1.29 is 31.4 Å². The second kappa shape index (κ2) is 12.8. The maximum Gasteiger partial charge on any atom is 0.517 e. The van der Waals surface area contributed by atoms with Crippen molar-refractivity contribution in [1.82, 2.24) is 9.80 Å². The van der Waals surface area contributed by atoms with Gasteiger partial charge in [-0.1, -0.05) is 0 Å². The fourth-order valence-electron chi connectivity index (χ4n) is 2.88. The lowest BCUT2D eigenvalue weighted by atomic mass is 10.5. The van der Waals surface area contributed by atoms with Gasteiger partial charge in [0, 0.05) is 54.4 Å². The highest BCUT2D eigenvalue weighted by atomic mass is 28.5. The lowest BCUT2D eigenvalue weighted by Crippen LogP contribution is -2.72. The predicted molar refractivity (Wildman–Crippen MR) is 115 cm³/mol. The molecular weight excluding hydrogens is 412 g/mol.